The van der Waals surface area contributed by atoms with Gasteiger partial charge in [-0.2, -0.15) is 0 Å². The minimum Gasteiger partial charge on any atom is -0.326 e. The Hall–Kier alpha value is -0.120. The quantitative estimate of drug-likeness (QED) is 0.748. The molecule has 0 heterocycles. The van der Waals surface area contributed by atoms with E-state index in [4.69, 9.17) is 17.3 Å². The van der Waals surface area contributed by atoms with Gasteiger partial charge in [-0.15, -0.1) is 0 Å². The summed E-state index contributed by atoms with van der Waals surface area (Å²) in [6, 6.07) is 2.88. The second kappa shape index (κ2) is 3.52. The van der Waals surface area contributed by atoms with Gasteiger partial charge in [-0.1, -0.05) is 11.6 Å². The molecule has 0 spiro atoms. The van der Waals surface area contributed by atoms with Gasteiger partial charge in [-0.25, -0.2) is 4.39 Å². The summed E-state index contributed by atoms with van der Waals surface area (Å²) in [5.41, 5.74) is 5.62. The van der Waals surface area contributed by atoms with E-state index in [0.29, 0.717) is 15.1 Å². The molecule has 0 aromatic heterocycles. The lowest BCUT2D eigenvalue weighted by molar-refractivity contribution is 0.610. The molecule has 0 atom stereocenters. The largest absolute Gasteiger partial charge is 0.326 e. The van der Waals surface area contributed by atoms with E-state index in [1.54, 1.807) is 6.07 Å². The zero-order valence-corrected chi connectivity index (χ0v) is 7.91. The molecule has 60 valence electrons. The number of benzene rings is 1. The Balaban J connectivity index is 3.29. The molecular formula is C7H6BrClFN. The lowest BCUT2D eigenvalue weighted by Gasteiger charge is -2.03. The Morgan fingerprint density at radius 2 is 2.18 bits per heavy atom. The molecule has 11 heavy (non-hydrogen) atoms. The summed E-state index contributed by atoms with van der Waals surface area (Å²) in [5, 5.41) is 0.354. The van der Waals surface area contributed by atoms with E-state index in [1.165, 1.54) is 6.07 Å². The van der Waals surface area contributed by atoms with Gasteiger partial charge >= 0.3 is 0 Å². The molecule has 1 aromatic rings. The van der Waals surface area contributed by atoms with Gasteiger partial charge in [0.05, 0.1) is 5.02 Å². The number of halogens is 3. The number of rotatable bonds is 1. The van der Waals surface area contributed by atoms with Crippen molar-refractivity contribution >= 4 is 27.5 Å². The topological polar surface area (TPSA) is 26.0 Å². The fourth-order valence-electron chi connectivity index (χ4n) is 0.756. The third-order valence-corrected chi connectivity index (χ3v) is 2.66. The second-order valence-corrected chi connectivity index (χ2v) is 3.26. The predicted molar refractivity (Wildman–Crippen MR) is 47.0 cm³/mol. The normalized spacial score (nSPS) is 10.2. The maximum atomic E-state index is 12.8. The predicted octanol–water partition coefficient (Wildman–Crippen LogP) is 2.70. The maximum Gasteiger partial charge on any atom is 0.129 e. The van der Waals surface area contributed by atoms with Gasteiger partial charge in [0.2, 0.25) is 0 Å². The van der Waals surface area contributed by atoms with Gasteiger partial charge < -0.3 is 5.73 Å². The molecule has 0 unspecified atom stereocenters. The summed E-state index contributed by atoms with van der Waals surface area (Å²) in [6.07, 6.45) is 0. The maximum absolute atomic E-state index is 12.8. The van der Waals surface area contributed by atoms with E-state index in [1.807, 2.05) is 0 Å². The Morgan fingerprint density at radius 3 is 2.64 bits per heavy atom. The van der Waals surface area contributed by atoms with E-state index in [-0.39, 0.29) is 12.4 Å². The lowest BCUT2D eigenvalue weighted by atomic mass is 10.2. The van der Waals surface area contributed by atoms with Crippen LogP contribution in [0.2, 0.25) is 5.02 Å². The molecule has 0 radical (unpaired) electrons. The molecular weight excluding hydrogens is 232 g/mol. The highest BCUT2D eigenvalue weighted by molar-refractivity contribution is 9.10. The first-order valence-electron chi connectivity index (χ1n) is 2.99. The van der Waals surface area contributed by atoms with Gasteiger partial charge in [-0.05, 0) is 28.1 Å². The third-order valence-electron chi connectivity index (χ3n) is 1.34. The van der Waals surface area contributed by atoms with E-state index in [2.05, 4.69) is 15.9 Å². The first-order valence-corrected chi connectivity index (χ1v) is 4.16. The molecule has 1 nitrogen and oxygen atoms in total. The van der Waals surface area contributed by atoms with E-state index < -0.39 is 0 Å². The molecule has 0 aliphatic heterocycles. The average Bonchev–Trinajstić information content (AvgIpc) is 1.99. The van der Waals surface area contributed by atoms with E-state index in [0.717, 1.165) is 0 Å². The summed E-state index contributed by atoms with van der Waals surface area (Å²) in [7, 11) is 0. The zero-order chi connectivity index (χ0) is 8.43. The minimum atomic E-state index is -0.360. The molecule has 1 rings (SSSR count). The van der Waals surface area contributed by atoms with Crippen molar-refractivity contribution in [1.82, 2.24) is 0 Å². The summed E-state index contributed by atoms with van der Waals surface area (Å²) in [5.74, 6) is -0.360. The molecule has 0 fully saturated rings. The molecule has 0 aliphatic carbocycles. The zero-order valence-electron chi connectivity index (χ0n) is 5.57. The Morgan fingerprint density at radius 1 is 1.55 bits per heavy atom. The van der Waals surface area contributed by atoms with Crippen LogP contribution >= 0.6 is 27.5 Å². The molecule has 0 bridgehead atoms. The van der Waals surface area contributed by atoms with Crippen LogP contribution in [0, 0.1) is 5.82 Å². The molecule has 0 amide bonds. The first kappa shape index (κ1) is 8.97. The van der Waals surface area contributed by atoms with E-state index >= 15 is 0 Å². The van der Waals surface area contributed by atoms with Crippen molar-refractivity contribution < 1.29 is 4.39 Å². The van der Waals surface area contributed by atoms with Gasteiger partial charge in [-0.3, -0.25) is 0 Å². The smallest absolute Gasteiger partial charge is 0.129 e. The van der Waals surface area contributed by atoms with Gasteiger partial charge in [0.15, 0.2) is 0 Å². The number of hydrogen-bond acceptors (Lipinski definition) is 1. The van der Waals surface area contributed by atoms with Crippen molar-refractivity contribution in [3.8, 4) is 0 Å². The van der Waals surface area contributed by atoms with Crippen LogP contribution in [0.3, 0.4) is 0 Å². The van der Waals surface area contributed by atoms with Gasteiger partial charge in [0.1, 0.15) is 5.82 Å². The van der Waals surface area contributed by atoms with Crippen LogP contribution in [0.15, 0.2) is 16.6 Å². The second-order valence-electron chi connectivity index (χ2n) is 2.03. The first-order chi connectivity index (χ1) is 5.16. The van der Waals surface area contributed by atoms with Crippen molar-refractivity contribution in [2.45, 2.75) is 6.54 Å². The summed E-state index contributed by atoms with van der Waals surface area (Å²) >= 11 is 8.90. The summed E-state index contributed by atoms with van der Waals surface area (Å²) in [4.78, 5) is 0. The average molecular weight is 238 g/mol. The SMILES string of the molecule is NCc1c(F)ccc(Br)c1Cl. The summed E-state index contributed by atoms with van der Waals surface area (Å²) in [6.45, 7) is 0.115. The molecule has 1 aromatic carbocycles. The third kappa shape index (κ3) is 1.72. The molecule has 0 aliphatic rings. The van der Waals surface area contributed by atoms with Crippen molar-refractivity contribution in [2.75, 3.05) is 0 Å². The highest BCUT2D eigenvalue weighted by atomic mass is 79.9. The fourth-order valence-corrected chi connectivity index (χ4v) is 1.36. The highest BCUT2D eigenvalue weighted by Gasteiger charge is 2.07. The fraction of sp³-hybridized carbons (Fsp3) is 0.143. The van der Waals surface area contributed by atoms with Crippen molar-refractivity contribution in [3.05, 3.63) is 33.0 Å². The van der Waals surface area contributed by atoms with Gasteiger partial charge in [0, 0.05) is 16.6 Å². The Labute approximate surface area is 77.5 Å². The lowest BCUT2D eigenvalue weighted by Crippen LogP contribution is -2.00. The molecule has 0 saturated carbocycles. The van der Waals surface area contributed by atoms with Crippen LogP contribution in [0.4, 0.5) is 4.39 Å². The number of hydrogen-bond donors (Lipinski definition) is 1. The van der Waals surface area contributed by atoms with Crippen LogP contribution in [0.5, 0.6) is 0 Å². The van der Waals surface area contributed by atoms with Crippen LogP contribution in [0.1, 0.15) is 5.56 Å². The van der Waals surface area contributed by atoms with Crippen molar-refractivity contribution in [3.63, 3.8) is 0 Å². The molecule has 4 heteroatoms. The summed E-state index contributed by atoms with van der Waals surface area (Å²) < 4.78 is 13.5. The van der Waals surface area contributed by atoms with Crippen molar-refractivity contribution in [1.29, 1.82) is 0 Å². The molecule has 2 N–H and O–H groups in total. The molecule has 0 saturated heterocycles. The van der Waals surface area contributed by atoms with Crippen LogP contribution < -0.4 is 5.73 Å². The highest BCUT2D eigenvalue weighted by Crippen LogP contribution is 2.27. The minimum absolute atomic E-state index is 0.115. The van der Waals surface area contributed by atoms with E-state index in [9.17, 15) is 4.39 Å². The number of nitrogens with two attached hydrogens (primary N) is 1. The van der Waals surface area contributed by atoms with Gasteiger partial charge in [0.25, 0.3) is 0 Å². The Bertz CT molecular complexity index is 277. The standard InChI is InChI=1S/C7H6BrClFN/c8-5-1-2-6(10)4(3-11)7(5)9/h1-2H,3,11H2. The monoisotopic (exact) mass is 237 g/mol. The van der Waals surface area contributed by atoms with Crippen LogP contribution in [-0.2, 0) is 6.54 Å². The van der Waals surface area contributed by atoms with Crippen LogP contribution in [0.25, 0.3) is 0 Å². The Kier molecular flexibility index (Phi) is 2.87. The van der Waals surface area contributed by atoms with Crippen LogP contribution in [-0.4, -0.2) is 0 Å². The van der Waals surface area contributed by atoms with Crippen molar-refractivity contribution in [2.24, 2.45) is 5.73 Å².